The highest BCUT2D eigenvalue weighted by molar-refractivity contribution is 5.09. The van der Waals surface area contributed by atoms with Crippen molar-refractivity contribution in [1.82, 2.24) is 10.1 Å². The molecule has 4 heteroatoms. The fraction of sp³-hybridized carbons (Fsp3) is 0.846. The molecule has 1 aromatic heterocycles. The minimum Gasteiger partial charge on any atom is -0.339 e. The summed E-state index contributed by atoms with van der Waals surface area (Å²) in [4.78, 5) is 4.42. The first-order chi connectivity index (χ1) is 7.87. The van der Waals surface area contributed by atoms with Gasteiger partial charge in [0.25, 0.3) is 0 Å². The van der Waals surface area contributed by atoms with E-state index in [1.54, 1.807) is 0 Å². The number of nitrogens with zero attached hydrogens (tertiary/aromatic N) is 2. The van der Waals surface area contributed by atoms with Gasteiger partial charge in [-0.2, -0.15) is 4.98 Å². The number of hydrogen-bond donors (Lipinski definition) is 1. The van der Waals surface area contributed by atoms with Crippen LogP contribution in [0.15, 0.2) is 4.52 Å². The predicted octanol–water partition coefficient (Wildman–Crippen LogP) is 2.63. The molecule has 1 heterocycles. The Labute approximate surface area is 103 Å². The van der Waals surface area contributed by atoms with Crippen molar-refractivity contribution in [3.63, 3.8) is 0 Å². The first-order valence-electron chi connectivity index (χ1n) is 6.49. The molecule has 0 aliphatic heterocycles. The fourth-order valence-electron chi connectivity index (χ4n) is 2.82. The van der Waals surface area contributed by atoms with Crippen LogP contribution in [0.4, 0.5) is 0 Å². The molecule has 1 aliphatic carbocycles. The summed E-state index contributed by atoms with van der Waals surface area (Å²) in [5.41, 5.74) is 6.49. The van der Waals surface area contributed by atoms with E-state index in [-0.39, 0.29) is 0 Å². The van der Waals surface area contributed by atoms with E-state index in [1.165, 1.54) is 0 Å². The summed E-state index contributed by atoms with van der Waals surface area (Å²) in [6.45, 7) is 8.81. The first-order valence-corrected chi connectivity index (χ1v) is 6.49. The number of aryl methyl sites for hydroxylation is 1. The Bertz CT molecular complexity index is 399. The molecule has 17 heavy (non-hydrogen) atoms. The Morgan fingerprint density at radius 1 is 1.41 bits per heavy atom. The summed E-state index contributed by atoms with van der Waals surface area (Å²) < 4.78 is 5.19. The van der Waals surface area contributed by atoms with Gasteiger partial charge in [0.1, 0.15) is 0 Å². The molecule has 0 radical (unpaired) electrons. The predicted molar refractivity (Wildman–Crippen MR) is 66.3 cm³/mol. The van der Waals surface area contributed by atoms with Gasteiger partial charge in [0.05, 0.1) is 5.54 Å². The molecule has 1 aliphatic rings. The van der Waals surface area contributed by atoms with Crippen LogP contribution in [0.25, 0.3) is 0 Å². The average molecular weight is 237 g/mol. The van der Waals surface area contributed by atoms with Crippen LogP contribution in [0.2, 0.25) is 0 Å². The van der Waals surface area contributed by atoms with Crippen molar-refractivity contribution in [1.29, 1.82) is 0 Å². The molecule has 0 saturated heterocycles. The maximum atomic E-state index is 6.53. The van der Waals surface area contributed by atoms with Crippen LogP contribution in [-0.4, -0.2) is 10.1 Å². The highest BCUT2D eigenvalue weighted by Gasteiger charge is 2.45. The molecule has 96 valence electrons. The van der Waals surface area contributed by atoms with E-state index in [4.69, 9.17) is 10.3 Å². The first kappa shape index (κ1) is 12.6. The molecule has 4 nitrogen and oxygen atoms in total. The molecule has 1 aromatic rings. The Kier molecular flexibility index (Phi) is 3.02. The molecule has 0 amide bonds. The molecule has 2 atom stereocenters. The third kappa shape index (κ3) is 2.23. The van der Waals surface area contributed by atoms with Crippen molar-refractivity contribution in [3.8, 4) is 0 Å². The summed E-state index contributed by atoms with van der Waals surface area (Å²) in [5, 5.41) is 4.07. The topological polar surface area (TPSA) is 64.9 Å². The quantitative estimate of drug-likeness (QED) is 0.858. The van der Waals surface area contributed by atoms with Gasteiger partial charge < -0.3 is 10.3 Å². The third-order valence-corrected chi connectivity index (χ3v) is 4.14. The van der Waals surface area contributed by atoms with Crippen LogP contribution >= 0.6 is 0 Å². The average Bonchev–Trinajstić information content (AvgIpc) is 2.72. The summed E-state index contributed by atoms with van der Waals surface area (Å²) in [6, 6.07) is 0. The van der Waals surface area contributed by atoms with Gasteiger partial charge in [0.15, 0.2) is 5.82 Å². The Hall–Kier alpha value is -0.900. The van der Waals surface area contributed by atoms with Crippen LogP contribution in [0.3, 0.4) is 0 Å². The second-order valence-corrected chi connectivity index (χ2v) is 6.18. The van der Waals surface area contributed by atoms with Gasteiger partial charge in [0.2, 0.25) is 5.89 Å². The minimum atomic E-state index is -0.410. The van der Waals surface area contributed by atoms with Gasteiger partial charge in [0, 0.05) is 6.42 Å². The third-order valence-electron chi connectivity index (χ3n) is 4.14. The van der Waals surface area contributed by atoms with Gasteiger partial charge in [-0.15, -0.1) is 0 Å². The van der Waals surface area contributed by atoms with Crippen LogP contribution in [0.1, 0.15) is 58.7 Å². The van der Waals surface area contributed by atoms with Gasteiger partial charge in [-0.3, -0.25) is 0 Å². The summed E-state index contributed by atoms with van der Waals surface area (Å²) in [7, 11) is 0. The maximum absolute atomic E-state index is 6.53. The molecule has 1 saturated carbocycles. The maximum Gasteiger partial charge on any atom is 0.226 e. The lowest BCUT2D eigenvalue weighted by Gasteiger charge is -2.44. The molecule has 2 unspecified atom stereocenters. The van der Waals surface area contributed by atoms with Gasteiger partial charge in [-0.1, -0.05) is 32.9 Å². The normalized spacial score (nSPS) is 32.6. The van der Waals surface area contributed by atoms with Crippen LogP contribution in [0.5, 0.6) is 0 Å². The van der Waals surface area contributed by atoms with E-state index in [2.05, 4.69) is 30.9 Å². The monoisotopic (exact) mass is 237 g/mol. The zero-order valence-electron chi connectivity index (χ0n) is 11.3. The summed E-state index contributed by atoms with van der Waals surface area (Å²) >= 11 is 0. The summed E-state index contributed by atoms with van der Waals surface area (Å²) in [6.07, 6.45) is 3.93. The molecule has 1 fully saturated rings. The number of hydrogen-bond acceptors (Lipinski definition) is 4. The van der Waals surface area contributed by atoms with Gasteiger partial charge >= 0.3 is 0 Å². The zero-order chi connectivity index (χ0) is 12.7. The molecule has 0 aromatic carbocycles. The van der Waals surface area contributed by atoms with E-state index in [0.717, 1.165) is 25.7 Å². The van der Waals surface area contributed by atoms with Crippen molar-refractivity contribution in [2.45, 2.75) is 58.9 Å². The van der Waals surface area contributed by atoms with Gasteiger partial charge in [-0.25, -0.2) is 0 Å². The van der Waals surface area contributed by atoms with Crippen LogP contribution in [-0.2, 0) is 12.0 Å². The lowest BCUT2D eigenvalue weighted by Crippen LogP contribution is -2.49. The highest BCUT2D eigenvalue weighted by Crippen LogP contribution is 2.46. The number of aromatic nitrogens is 2. The molecule has 0 spiro atoms. The van der Waals surface area contributed by atoms with Crippen LogP contribution < -0.4 is 5.73 Å². The van der Waals surface area contributed by atoms with Crippen molar-refractivity contribution >= 4 is 0 Å². The van der Waals surface area contributed by atoms with E-state index in [9.17, 15) is 0 Å². The lowest BCUT2D eigenvalue weighted by atomic mass is 9.64. The highest BCUT2D eigenvalue weighted by atomic mass is 16.5. The van der Waals surface area contributed by atoms with E-state index in [1.807, 2.05) is 6.92 Å². The Morgan fingerprint density at radius 3 is 2.65 bits per heavy atom. The fourth-order valence-corrected chi connectivity index (χ4v) is 2.82. The van der Waals surface area contributed by atoms with Crippen LogP contribution in [0, 0.1) is 11.3 Å². The minimum absolute atomic E-state index is 0.375. The lowest BCUT2D eigenvalue weighted by molar-refractivity contribution is 0.0932. The summed E-state index contributed by atoms with van der Waals surface area (Å²) in [5.74, 6) is 1.76. The second-order valence-electron chi connectivity index (χ2n) is 6.18. The van der Waals surface area contributed by atoms with Crippen molar-refractivity contribution in [2.75, 3.05) is 0 Å². The van der Waals surface area contributed by atoms with Crippen molar-refractivity contribution in [2.24, 2.45) is 17.1 Å². The largest absolute Gasteiger partial charge is 0.339 e. The molecule has 2 rings (SSSR count). The molecular weight excluding hydrogens is 214 g/mol. The zero-order valence-corrected chi connectivity index (χ0v) is 11.3. The van der Waals surface area contributed by atoms with E-state index >= 15 is 0 Å². The number of rotatable bonds is 2. The number of nitrogens with two attached hydrogens (primary N) is 1. The van der Waals surface area contributed by atoms with E-state index in [0.29, 0.717) is 23.0 Å². The Morgan fingerprint density at radius 2 is 2.12 bits per heavy atom. The Balaban J connectivity index is 2.24. The SMILES string of the molecule is CCc1nc(C2(N)CCC(C)(C)CC2C)no1. The van der Waals surface area contributed by atoms with Crippen molar-refractivity contribution < 1.29 is 4.52 Å². The molecular formula is C13H23N3O. The van der Waals surface area contributed by atoms with Crippen molar-refractivity contribution in [3.05, 3.63) is 11.7 Å². The second kappa shape index (κ2) is 4.09. The smallest absolute Gasteiger partial charge is 0.226 e. The standard InChI is InChI=1S/C13H23N3O/c1-5-10-15-11(16-17-10)13(14)7-6-12(3,4)8-9(13)2/h9H,5-8,14H2,1-4H3. The van der Waals surface area contributed by atoms with E-state index < -0.39 is 5.54 Å². The van der Waals surface area contributed by atoms with Gasteiger partial charge in [-0.05, 0) is 30.6 Å². The molecule has 0 bridgehead atoms. The molecule has 2 N–H and O–H groups in total.